The van der Waals surface area contributed by atoms with Gasteiger partial charge in [-0.1, -0.05) is 12.1 Å². The SMILES string of the molecule is Nc1ccc(CCOC(=O)C2CCNCC2)cc1. The summed E-state index contributed by atoms with van der Waals surface area (Å²) in [5.74, 6) is 0.0320. The number of ether oxygens (including phenoxy) is 1. The highest BCUT2D eigenvalue weighted by Crippen LogP contribution is 2.13. The van der Waals surface area contributed by atoms with Crippen LogP contribution in [0.1, 0.15) is 18.4 Å². The average molecular weight is 248 g/mol. The summed E-state index contributed by atoms with van der Waals surface area (Å²) < 4.78 is 5.32. The van der Waals surface area contributed by atoms with E-state index in [9.17, 15) is 4.79 Å². The molecule has 18 heavy (non-hydrogen) atoms. The smallest absolute Gasteiger partial charge is 0.309 e. The molecule has 0 atom stereocenters. The molecule has 1 heterocycles. The van der Waals surface area contributed by atoms with Gasteiger partial charge in [0, 0.05) is 12.1 Å². The van der Waals surface area contributed by atoms with Crippen LogP contribution in [0.2, 0.25) is 0 Å². The summed E-state index contributed by atoms with van der Waals surface area (Å²) in [5, 5.41) is 3.24. The second kappa shape index (κ2) is 6.40. The Labute approximate surface area is 108 Å². The third-order valence-corrected chi connectivity index (χ3v) is 3.29. The molecule has 3 N–H and O–H groups in total. The molecule has 0 bridgehead atoms. The van der Waals surface area contributed by atoms with Crippen molar-refractivity contribution < 1.29 is 9.53 Å². The maximum atomic E-state index is 11.8. The van der Waals surface area contributed by atoms with Crippen LogP contribution in [-0.4, -0.2) is 25.7 Å². The van der Waals surface area contributed by atoms with Gasteiger partial charge in [-0.25, -0.2) is 0 Å². The molecule has 0 aliphatic carbocycles. The van der Waals surface area contributed by atoms with Gasteiger partial charge in [0.05, 0.1) is 12.5 Å². The normalized spacial score (nSPS) is 16.4. The van der Waals surface area contributed by atoms with Crippen LogP contribution in [0, 0.1) is 5.92 Å². The van der Waals surface area contributed by atoms with Crippen LogP contribution in [0.3, 0.4) is 0 Å². The number of benzene rings is 1. The molecular weight excluding hydrogens is 228 g/mol. The second-order valence-electron chi connectivity index (χ2n) is 4.68. The summed E-state index contributed by atoms with van der Waals surface area (Å²) in [6.45, 7) is 2.28. The number of carbonyl (C=O) groups is 1. The molecule has 1 aromatic carbocycles. The topological polar surface area (TPSA) is 64.3 Å². The molecule has 4 heteroatoms. The minimum absolute atomic E-state index is 0.0491. The van der Waals surface area contributed by atoms with Crippen LogP contribution in [0.15, 0.2) is 24.3 Å². The minimum Gasteiger partial charge on any atom is -0.465 e. The van der Waals surface area contributed by atoms with Gasteiger partial charge in [-0.2, -0.15) is 0 Å². The number of hydrogen-bond donors (Lipinski definition) is 2. The fraction of sp³-hybridized carbons (Fsp3) is 0.500. The van der Waals surface area contributed by atoms with Crippen molar-refractivity contribution in [2.24, 2.45) is 5.92 Å². The predicted octanol–water partition coefficient (Wildman–Crippen LogP) is 1.35. The molecule has 1 aliphatic rings. The number of nitrogens with two attached hydrogens (primary N) is 1. The highest BCUT2D eigenvalue weighted by atomic mass is 16.5. The molecule has 4 nitrogen and oxygen atoms in total. The highest BCUT2D eigenvalue weighted by molar-refractivity contribution is 5.72. The Morgan fingerprint density at radius 1 is 1.28 bits per heavy atom. The van der Waals surface area contributed by atoms with E-state index >= 15 is 0 Å². The van der Waals surface area contributed by atoms with Crippen LogP contribution in [-0.2, 0) is 16.0 Å². The molecule has 0 amide bonds. The summed E-state index contributed by atoms with van der Waals surface area (Å²) >= 11 is 0. The lowest BCUT2D eigenvalue weighted by Crippen LogP contribution is -2.33. The molecule has 0 radical (unpaired) electrons. The van der Waals surface area contributed by atoms with Gasteiger partial charge < -0.3 is 15.8 Å². The van der Waals surface area contributed by atoms with E-state index in [0.717, 1.165) is 43.6 Å². The van der Waals surface area contributed by atoms with E-state index < -0.39 is 0 Å². The number of piperidine rings is 1. The third kappa shape index (κ3) is 3.74. The first-order chi connectivity index (χ1) is 8.75. The van der Waals surface area contributed by atoms with Gasteiger partial charge in [0.1, 0.15) is 0 Å². The zero-order valence-corrected chi connectivity index (χ0v) is 10.5. The van der Waals surface area contributed by atoms with Gasteiger partial charge in [-0.3, -0.25) is 4.79 Å². The zero-order chi connectivity index (χ0) is 12.8. The fourth-order valence-electron chi connectivity index (χ4n) is 2.13. The van der Waals surface area contributed by atoms with Crippen LogP contribution >= 0.6 is 0 Å². The predicted molar refractivity (Wildman–Crippen MR) is 71.1 cm³/mol. The van der Waals surface area contributed by atoms with Gasteiger partial charge in [-0.15, -0.1) is 0 Å². The van der Waals surface area contributed by atoms with E-state index in [1.165, 1.54) is 0 Å². The van der Waals surface area contributed by atoms with Crippen LogP contribution < -0.4 is 11.1 Å². The Bertz CT molecular complexity index is 383. The molecule has 98 valence electrons. The standard InChI is InChI=1S/C14H20N2O2/c15-13-3-1-11(2-4-13)7-10-18-14(17)12-5-8-16-9-6-12/h1-4,12,16H,5-10,15H2. The van der Waals surface area contributed by atoms with Gasteiger partial charge in [0.25, 0.3) is 0 Å². The molecule has 1 fully saturated rings. The first-order valence-electron chi connectivity index (χ1n) is 6.47. The summed E-state index contributed by atoms with van der Waals surface area (Å²) in [6.07, 6.45) is 2.53. The number of nitrogens with one attached hydrogen (secondary N) is 1. The molecule has 0 saturated carbocycles. The van der Waals surface area contributed by atoms with Gasteiger partial charge in [-0.05, 0) is 43.6 Å². The fourth-order valence-corrected chi connectivity index (χ4v) is 2.13. The zero-order valence-electron chi connectivity index (χ0n) is 10.5. The Balaban J connectivity index is 1.71. The van der Waals surface area contributed by atoms with Crippen molar-refractivity contribution in [3.05, 3.63) is 29.8 Å². The Morgan fingerprint density at radius 3 is 2.61 bits per heavy atom. The number of carbonyl (C=O) groups excluding carboxylic acids is 1. The molecule has 1 aliphatic heterocycles. The van der Waals surface area contributed by atoms with Crippen LogP contribution in [0.25, 0.3) is 0 Å². The lowest BCUT2D eigenvalue weighted by molar-refractivity contribution is -0.149. The molecule has 0 unspecified atom stereocenters. The largest absolute Gasteiger partial charge is 0.465 e. The highest BCUT2D eigenvalue weighted by Gasteiger charge is 2.21. The number of rotatable bonds is 4. The molecule has 1 aromatic rings. The Hall–Kier alpha value is -1.55. The Morgan fingerprint density at radius 2 is 1.94 bits per heavy atom. The van der Waals surface area contributed by atoms with Crippen molar-refractivity contribution in [3.8, 4) is 0 Å². The molecule has 1 saturated heterocycles. The van der Waals surface area contributed by atoms with E-state index in [4.69, 9.17) is 10.5 Å². The van der Waals surface area contributed by atoms with E-state index in [1.54, 1.807) is 0 Å². The van der Waals surface area contributed by atoms with E-state index in [-0.39, 0.29) is 11.9 Å². The monoisotopic (exact) mass is 248 g/mol. The summed E-state index contributed by atoms with van der Waals surface area (Å²) in [7, 11) is 0. The second-order valence-corrected chi connectivity index (χ2v) is 4.68. The van der Waals surface area contributed by atoms with Crippen LogP contribution in [0.5, 0.6) is 0 Å². The van der Waals surface area contributed by atoms with E-state index in [0.29, 0.717) is 6.61 Å². The Kier molecular flexibility index (Phi) is 4.59. The quantitative estimate of drug-likeness (QED) is 0.623. The van der Waals surface area contributed by atoms with Crippen molar-refractivity contribution in [1.29, 1.82) is 0 Å². The number of esters is 1. The summed E-state index contributed by atoms with van der Waals surface area (Å²) in [5.41, 5.74) is 7.51. The minimum atomic E-state index is -0.0491. The van der Waals surface area contributed by atoms with Gasteiger partial charge >= 0.3 is 5.97 Å². The molecule has 0 aromatic heterocycles. The average Bonchev–Trinajstić information content (AvgIpc) is 2.42. The molecule has 2 rings (SSSR count). The van der Waals surface area contributed by atoms with Crippen molar-refractivity contribution >= 4 is 11.7 Å². The van der Waals surface area contributed by atoms with Gasteiger partial charge in [0.2, 0.25) is 0 Å². The number of hydrogen-bond acceptors (Lipinski definition) is 4. The summed E-state index contributed by atoms with van der Waals surface area (Å²) in [6, 6.07) is 7.66. The number of nitrogen functional groups attached to an aromatic ring is 1. The maximum Gasteiger partial charge on any atom is 0.309 e. The molecular formula is C14H20N2O2. The van der Waals surface area contributed by atoms with Crippen molar-refractivity contribution in [2.75, 3.05) is 25.4 Å². The summed E-state index contributed by atoms with van der Waals surface area (Å²) in [4.78, 5) is 11.8. The van der Waals surface area contributed by atoms with E-state index in [2.05, 4.69) is 5.32 Å². The molecule has 0 spiro atoms. The van der Waals surface area contributed by atoms with Gasteiger partial charge in [0.15, 0.2) is 0 Å². The van der Waals surface area contributed by atoms with Crippen LogP contribution in [0.4, 0.5) is 5.69 Å². The first-order valence-corrected chi connectivity index (χ1v) is 6.47. The lowest BCUT2D eigenvalue weighted by atomic mass is 9.98. The van der Waals surface area contributed by atoms with E-state index in [1.807, 2.05) is 24.3 Å². The van der Waals surface area contributed by atoms with Crippen molar-refractivity contribution in [3.63, 3.8) is 0 Å². The first kappa shape index (κ1) is 12.9. The van der Waals surface area contributed by atoms with Crippen molar-refractivity contribution in [2.45, 2.75) is 19.3 Å². The van der Waals surface area contributed by atoms with Crippen molar-refractivity contribution in [1.82, 2.24) is 5.32 Å². The third-order valence-electron chi connectivity index (χ3n) is 3.29. The maximum absolute atomic E-state index is 11.8. The number of anilines is 1. The lowest BCUT2D eigenvalue weighted by Gasteiger charge is -2.20.